The third kappa shape index (κ3) is 3.01. The largest absolute Gasteiger partial charge is 0.273 e. The first-order chi connectivity index (χ1) is 8.06. The number of nitrogens with two attached hydrogens (primary N) is 1. The van der Waals surface area contributed by atoms with Crippen molar-refractivity contribution in [2.45, 2.75) is 24.0 Å². The van der Waals surface area contributed by atoms with Crippen LogP contribution in [0.5, 0.6) is 0 Å². The van der Waals surface area contributed by atoms with Crippen LogP contribution < -0.4 is 9.44 Å². The summed E-state index contributed by atoms with van der Waals surface area (Å²) in [6.45, 7) is 3.15. The molecule has 0 saturated heterocycles. The van der Waals surface area contributed by atoms with Gasteiger partial charge in [0.05, 0.1) is 15.8 Å². The van der Waals surface area contributed by atoms with Gasteiger partial charge in [-0.05, 0) is 38.1 Å². The highest BCUT2D eigenvalue weighted by Gasteiger charge is 2.22. The van der Waals surface area contributed by atoms with Crippen molar-refractivity contribution in [2.75, 3.05) is 11.4 Å². The Morgan fingerprint density at radius 3 is 1.83 bits per heavy atom. The second-order valence-corrected chi connectivity index (χ2v) is 8.18. The van der Waals surface area contributed by atoms with E-state index in [2.05, 4.69) is 0 Å². The van der Waals surface area contributed by atoms with Crippen LogP contribution in [0, 0.1) is 0 Å². The van der Waals surface area contributed by atoms with E-state index >= 15 is 0 Å². The molecule has 102 valence electrons. The van der Waals surface area contributed by atoms with Gasteiger partial charge >= 0.3 is 0 Å². The van der Waals surface area contributed by atoms with Crippen molar-refractivity contribution in [3.8, 4) is 0 Å². The van der Waals surface area contributed by atoms with Crippen LogP contribution in [0.2, 0.25) is 0 Å². The molecule has 0 spiro atoms. The van der Waals surface area contributed by atoms with E-state index in [-0.39, 0.29) is 4.90 Å². The van der Waals surface area contributed by atoms with Gasteiger partial charge in [0.25, 0.3) is 0 Å². The maximum absolute atomic E-state index is 11.9. The molecule has 0 atom stereocenters. The number of rotatable bonds is 4. The highest BCUT2D eigenvalue weighted by Crippen LogP contribution is 2.20. The van der Waals surface area contributed by atoms with Crippen molar-refractivity contribution in [3.63, 3.8) is 0 Å². The first-order valence-corrected chi connectivity index (χ1v) is 8.22. The molecule has 18 heavy (non-hydrogen) atoms. The molecule has 2 N–H and O–H groups in total. The van der Waals surface area contributed by atoms with E-state index in [0.717, 1.165) is 4.31 Å². The molecule has 1 aromatic rings. The average molecular weight is 292 g/mol. The van der Waals surface area contributed by atoms with Crippen LogP contribution in [0.3, 0.4) is 0 Å². The SMILES string of the molecule is CC(C)S(=O)(=O)N(C)c1ccc(S(N)(=O)=O)cc1. The Morgan fingerprint density at radius 1 is 1.06 bits per heavy atom. The minimum absolute atomic E-state index is 0.0541. The number of nitrogens with zero attached hydrogens (tertiary/aromatic N) is 1. The Balaban J connectivity index is 3.15. The van der Waals surface area contributed by atoms with Gasteiger partial charge in [-0.3, -0.25) is 4.31 Å². The molecular formula is C10H16N2O4S2. The van der Waals surface area contributed by atoms with Gasteiger partial charge in [0.15, 0.2) is 0 Å². The summed E-state index contributed by atoms with van der Waals surface area (Å²) in [5.74, 6) is 0. The van der Waals surface area contributed by atoms with Crippen LogP contribution in [0.25, 0.3) is 0 Å². The summed E-state index contributed by atoms with van der Waals surface area (Å²) in [6, 6.07) is 5.35. The topological polar surface area (TPSA) is 97.5 Å². The van der Waals surface area contributed by atoms with Gasteiger partial charge in [-0.2, -0.15) is 0 Å². The Hall–Kier alpha value is -1.12. The molecule has 0 bridgehead atoms. The molecule has 1 rings (SSSR count). The van der Waals surface area contributed by atoms with Gasteiger partial charge in [0, 0.05) is 7.05 Å². The van der Waals surface area contributed by atoms with Crippen molar-refractivity contribution in [3.05, 3.63) is 24.3 Å². The molecule has 0 aliphatic carbocycles. The smallest absolute Gasteiger partial charge is 0.238 e. The lowest BCUT2D eigenvalue weighted by Crippen LogP contribution is -2.33. The fourth-order valence-corrected chi connectivity index (χ4v) is 2.87. The standard InChI is InChI=1S/C10H16N2O4S2/c1-8(2)18(15,16)12(3)9-4-6-10(7-5-9)17(11,13)14/h4-8H,1-3H3,(H2,11,13,14). The molecule has 0 saturated carbocycles. The van der Waals surface area contributed by atoms with Crippen LogP contribution in [-0.2, 0) is 20.0 Å². The Labute approximate surface area is 108 Å². The second-order valence-electron chi connectivity index (χ2n) is 4.10. The van der Waals surface area contributed by atoms with Crippen molar-refractivity contribution in [1.29, 1.82) is 0 Å². The van der Waals surface area contributed by atoms with E-state index in [1.807, 2.05) is 0 Å². The fraction of sp³-hybridized carbons (Fsp3) is 0.400. The predicted octanol–water partition coefficient (Wildman–Crippen LogP) is 0.508. The van der Waals surface area contributed by atoms with Crippen LogP contribution in [-0.4, -0.2) is 29.1 Å². The number of benzene rings is 1. The molecule has 6 nitrogen and oxygen atoms in total. The van der Waals surface area contributed by atoms with E-state index in [1.165, 1.54) is 31.3 Å². The molecular weight excluding hydrogens is 276 g/mol. The zero-order valence-corrected chi connectivity index (χ0v) is 12.0. The van der Waals surface area contributed by atoms with Crippen LogP contribution in [0.15, 0.2) is 29.2 Å². The number of hydrogen-bond acceptors (Lipinski definition) is 4. The van der Waals surface area contributed by atoms with Crippen molar-refractivity contribution >= 4 is 25.7 Å². The molecule has 0 radical (unpaired) electrons. The van der Waals surface area contributed by atoms with Gasteiger partial charge in [-0.1, -0.05) is 0 Å². The zero-order chi connectivity index (χ0) is 14.1. The summed E-state index contributed by atoms with van der Waals surface area (Å²) in [4.78, 5) is -0.0541. The number of sulfonamides is 2. The number of primary sulfonamides is 1. The fourth-order valence-electron chi connectivity index (χ4n) is 1.31. The molecule has 0 amide bonds. The summed E-state index contributed by atoms with van der Waals surface area (Å²) >= 11 is 0. The lowest BCUT2D eigenvalue weighted by Gasteiger charge is -2.21. The van der Waals surface area contributed by atoms with Crippen molar-refractivity contribution in [1.82, 2.24) is 0 Å². The van der Waals surface area contributed by atoms with Crippen molar-refractivity contribution < 1.29 is 16.8 Å². The van der Waals surface area contributed by atoms with Crippen molar-refractivity contribution in [2.24, 2.45) is 5.14 Å². The molecule has 8 heteroatoms. The van der Waals surface area contributed by atoms with E-state index < -0.39 is 25.3 Å². The lowest BCUT2D eigenvalue weighted by molar-refractivity contribution is 0.585. The monoisotopic (exact) mass is 292 g/mol. The van der Waals surface area contributed by atoms with Crippen LogP contribution in [0.1, 0.15) is 13.8 Å². The molecule has 0 aliphatic heterocycles. The summed E-state index contributed by atoms with van der Waals surface area (Å²) in [5.41, 5.74) is 0.385. The lowest BCUT2D eigenvalue weighted by atomic mass is 10.3. The number of anilines is 1. The molecule has 0 aliphatic rings. The first kappa shape index (κ1) is 14.9. The van der Waals surface area contributed by atoms with Gasteiger partial charge in [-0.15, -0.1) is 0 Å². The highest BCUT2D eigenvalue weighted by molar-refractivity contribution is 7.93. The normalized spacial score (nSPS) is 12.7. The van der Waals surface area contributed by atoms with Gasteiger partial charge in [0.2, 0.25) is 20.0 Å². The van der Waals surface area contributed by atoms with E-state index in [4.69, 9.17) is 5.14 Å². The Bertz CT molecular complexity index is 618. The molecule has 0 aromatic heterocycles. The summed E-state index contributed by atoms with van der Waals surface area (Å²) in [7, 11) is -5.77. The molecule has 1 aromatic carbocycles. The van der Waals surface area contributed by atoms with Crippen LogP contribution in [0.4, 0.5) is 5.69 Å². The summed E-state index contributed by atoms with van der Waals surface area (Å²) < 4.78 is 47.0. The Morgan fingerprint density at radius 2 is 1.50 bits per heavy atom. The minimum Gasteiger partial charge on any atom is -0.273 e. The van der Waals surface area contributed by atoms with Gasteiger partial charge in [-0.25, -0.2) is 22.0 Å². The molecule has 0 unspecified atom stereocenters. The van der Waals surface area contributed by atoms with E-state index in [0.29, 0.717) is 5.69 Å². The van der Waals surface area contributed by atoms with E-state index in [9.17, 15) is 16.8 Å². The van der Waals surface area contributed by atoms with E-state index in [1.54, 1.807) is 13.8 Å². The maximum Gasteiger partial charge on any atom is 0.238 e. The third-order valence-corrected chi connectivity index (χ3v) is 5.60. The molecule has 0 heterocycles. The third-order valence-electron chi connectivity index (χ3n) is 2.51. The quantitative estimate of drug-likeness (QED) is 0.874. The average Bonchev–Trinajstić information content (AvgIpc) is 2.26. The molecule has 0 fully saturated rings. The minimum atomic E-state index is -3.77. The predicted molar refractivity (Wildman–Crippen MR) is 70.3 cm³/mol. The zero-order valence-electron chi connectivity index (χ0n) is 10.4. The van der Waals surface area contributed by atoms with Gasteiger partial charge < -0.3 is 0 Å². The van der Waals surface area contributed by atoms with Gasteiger partial charge in [0.1, 0.15) is 0 Å². The summed E-state index contributed by atoms with van der Waals surface area (Å²) in [5, 5.41) is 4.40. The van der Waals surface area contributed by atoms with Crippen LogP contribution >= 0.6 is 0 Å². The maximum atomic E-state index is 11.9. The first-order valence-electron chi connectivity index (χ1n) is 5.17. The summed E-state index contributed by atoms with van der Waals surface area (Å²) in [6.07, 6.45) is 0. The second kappa shape index (κ2) is 4.87. The number of hydrogen-bond donors (Lipinski definition) is 1. The Kier molecular flexibility index (Phi) is 4.04. The highest BCUT2D eigenvalue weighted by atomic mass is 32.2.